The highest BCUT2D eigenvalue weighted by Crippen LogP contribution is 2.21. The van der Waals surface area contributed by atoms with Gasteiger partial charge < -0.3 is 14.6 Å². The number of aryl methyl sites for hydroxylation is 1. The van der Waals surface area contributed by atoms with Gasteiger partial charge >= 0.3 is 5.97 Å². The number of carbonyl (C=O) groups is 1. The molecule has 1 aromatic heterocycles. The summed E-state index contributed by atoms with van der Waals surface area (Å²) in [6.45, 7) is 3.72. The van der Waals surface area contributed by atoms with Crippen LogP contribution < -0.4 is 0 Å². The van der Waals surface area contributed by atoms with Gasteiger partial charge in [0.05, 0.1) is 16.6 Å². The van der Waals surface area contributed by atoms with Crippen molar-refractivity contribution in [1.29, 1.82) is 0 Å². The number of nitrogens with zero attached hydrogens (tertiary/aromatic N) is 3. The summed E-state index contributed by atoms with van der Waals surface area (Å²) in [5.41, 5.74) is 1.84. The smallest absolute Gasteiger partial charge is 0.337 e. The summed E-state index contributed by atoms with van der Waals surface area (Å²) in [4.78, 5) is 18.1. The normalized spacial score (nSPS) is 11.4. The molecule has 0 atom stereocenters. The second kappa shape index (κ2) is 6.05. The van der Waals surface area contributed by atoms with Gasteiger partial charge in [-0.05, 0) is 32.6 Å². The molecule has 0 aliphatic carbocycles. The second-order valence-corrected chi connectivity index (χ2v) is 5.21. The van der Waals surface area contributed by atoms with E-state index in [0.29, 0.717) is 5.56 Å². The number of carboxylic acids is 1. The minimum atomic E-state index is -0.898. The van der Waals surface area contributed by atoms with Gasteiger partial charge in [0.2, 0.25) is 0 Å². The topological polar surface area (TPSA) is 58.4 Å². The minimum Gasteiger partial charge on any atom is -0.478 e. The fraction of sp³-hybridized carbons (Fsp3) is 0.467. The molecule has 0 fully saturated rings. The highest BCUT2D eigenvalue weighted by atomic mass is 16.4. The van der Waals surface area contributed by atoms with Crippen molar-refractivity contribution in [3.8, 4) is 0 Å². The Hall–Kier alpha value is -1.88. The van der Waals surface area contributed by atoms with Gasteiger partial charge in [-0.2, -0.15) is 0 Å². The van der Waals surface area contributed by atoms with E-state index in [1.54, 1.807) is 12.1 Å². The van der Waals surface area contributed by atoms with E-state index in [1.165, 1.54) is 0 Å². The summed E-state index contributed by atoms with van der Waals surface area (Å²) in [5.74, 6) is 0.0719. The van der Waals surface area contributed by atoms with Gasteiger partial charge in [-0.1, -0.05) is 13.0 Å². The first-order valence-corrected chi connectivity index (χ1v) is 6.90. The Labute approximate surface area is 118 Å². The Morgan fingerprint density at radius 2 is 2.15 bits per heavy atom. The molecule has 0 saturated heterocycles. The lowest BCUT2D eigenvalue weighted by atomic mass is 10.2. The van der Waals surface area contributed by atoms with Crippen molar-refractivity contribution in [2.45, 2.75) is 26.3 Å². The molecule has 0 aliphatic rings. The number of para-hydroxylation sites is 1. The van der Waals surface area contributed by atoms with Crippen LogP contribution in [-0.4, -0.2) is 46.2 Å². The molecule has 0 spiro atoms. The Balaban J connectivity index is 2.58. The fourth-order valence-electron chi connectivity index (χ4n) is 2.36. The van der Waals surface area contributed by atoms with Gasteiger partial charge in [0, 0.05) is 19.5 Å². The van der Waals surface area contributed by atoms with Gasteiger partial charge in [-0.15, -0.1) is 0 Å². The standard InChI is InChI=1S/C15H21N3O2/c1-4-6-13-16-12-8-5-7-11(15(19)20)14(12)18(13)10-9-17(2)3/h5,7-8H,4,6,9-10H2,1-3H3,(H,19,20). The number of aromatic carboxylic acids is 1. The van der Waals surface area contributed by atoms with Crippen LogP contribution in [0.15, 0.2) is 18.2 Å². The van der Waals surface area contributed by atoms with E-state index in [1.807, 2.05) is 20.2 Å². The fourth-order valence-corrected chi connectivity index (χ4v) is 2.36. The maximum Gasteiger partial charge on any atom is 0.337 e. The van der Waals surface area contributed by atoms with Crippen molar-refractivity contribution in [2.24, 2.45) is 0 Å². The predicted octanol–water partition coefficient (Wildman–Crippen LogP) is 2.25. The van der Waals surface area contributed by atoms with Crippen LogP contribution in [0.2, 0.25) is 0 Å². The molecule has 2 aromatic rings. The zero-order valence-electron chi connectivity index (χ0n) is 12.3. The first-order valence-electron chi connectivity index (χ1n) is 6.90. The van der Waals surface area contributed by atoms with E-state index in [2.05, 4.69) is 21.4 Å². The number of carboxylic acid groups (broad SMARTS) is 1. The number of aromatic nitrogens is 2. The molecule has 5 heteroatoms. The Kier molecular flexibility index (Phi) is 4.39. The molecule has 0 unspecified atom stereocenters. The molecule has 0 radical (unpaired) electrons. The van der Waals surface area contributed by atoms with Crippen molar-refractivity contribution >= 4 is 17.0 Å². The first kappa shape index (κ1) is 14.5. The van der Waals surface area contributed by atoms with Crippen LogP contribution in [0.25, 0.3) is 11.0 Å². The molecule has 0 saturated carbocycles. The molecule has 20 heavy (non-hydrogen) atoms. The second-order valence-electron chi connectivity index (χ2n) is 5.21. The predicted molar refractivity (Wildman–Crippen MR) is 79.2 cm³/mol. The van der Waals surface area contributed by atoms with Crippen LogP contribution in [-0.2, 0) is 13.0 Å². The quantitative estimate of drug-likeness (QED) is 0.878. The summed E-state index contributed by atoms with van der Waals surface area (Å²) in [6.07, 6.45) is 1.86. The summed E-state index contributed by atoms with van der Waals surface area (Å²) < 4.78 is 2.06. The summed E-state index contributed by atoms with van der Waals surface area (Å²) in [5, 5.41) is 9.37. The largest absolute Gasteiger partial charge is 0.478 e. The maximum absolute atomic E-state index is 11.4. The molecule has 0 aliphatic heterocycles. The number of likely N-dealkylation sites (N-methyl/N-ethyl adjacent to an activating group) is 1. The Bertz CT molecular complexity index is 617. The molecule has 1 aromatic carbocycles. The lowest BCUT2D eigenvalue weighted by molar-refractivity contribution is 0.0698. The zero-order chi connectivity index (χ0) is 14.7. The first-order chi connectivity index (χ1) is 9.54. The summed E-state index contributed by atoms with van der Waals surface area (Å²) in [6, 6.07) is 5.28. The average molecular weight is 275 g/mol. The molecule has 1 N–H and O–H groups in total. The lowest BCUT2D eigenvalue weighted by Gasteiger charge is -2.14. The maximum atomic E-state index is 11.4. The van der Waals surface area contributed by atoms with E-state index < -0.39 is 5.97 Å². The van der Waals surface area contributed by atoms with Crippen LogP contribution in [0.5, 0.6) is 0 Å². The highest BCUT2D eigenvalue weighted by Gasteiger charge is 2.17. The third-order valence-electron chi connectivity index (χ3n) is 3.32. The molecule has 108 valence electrons. The molecular weight excluding hydrogens is 254 g/mol. The van der Waals surface area contributed by atoms with Crippen molar-refractivity contribution < 1.29 is 9.90 Å². The number of benzene rings is 1. The molecule has 0 bridgehead atoms. The van der Waals surface area contributed by atoms with Gasteiger partial charge in [0.25, 0.3) is 0 Å². The van der Waals surface area contributed by atoms with E-state index in [-0.39, 0.29) is 0 Å². The van der Waals surface area contributed by atoms with Crippen molar-refractivity contribution in [2.75, 3.05) is 20.6 Å². The molecule has 5 nitrogen and oxygen atoms in total. The van der Waals surface area contributed by atoms with E-state index >= 15 is 0 Å². The van der Waals surface area contributed by atoms with Gasteiger partial charge in [-0.3, -0.25) is 0 Å². The number of rotatable bonds is 6. The van der Waals surface area contributed by atoms with Gasteiger partial charge in [-0.25, -0.2) is 9.78 Å². The van der Waals surface area contributed by atoms with Crippen LogP contribution in [0.1, 0.15) is 29.5 Å². The van der Waals surface area contributed by atoms with E-state index in [4.69, 9.17) is 0 Å². The van der Waals surface area contributed by atoms with Crippen LogP contribution >= 0.6 is 0 Å². The third kappa shape index (κ3) is 2.82. The lowest BCUT2D eigenvalue weighted by Crippen LogP contribution is -2.20. The van der Waals surface area contributed by atoms with Crippen molar-refractivity contribution in [3.63, 3.8) is 0 Å². The van der Waals surface area contributed by atoms with Gasteiger partial charge in [0.1, 0.15) is 5.82 Å². The Morgan fingerprint density at radius 3 is 2.75 bits per heavy atom. The molecular formula is C15H21N3O2. The summed E-state index contributed by atoms with van der Waals surface area (Å²) in [7, 11) is 4.02. The number of hydrogen-bond donors (Lipinski definition) is 1. The molecule has 2 rings (SSSR count). The number of fused-ring (bicyclic) bond motifs is 1. The minimum absolute atomic E-state index is 0.330. The number of hydrogen-bond acceptors (Lipinski definition) is 3. The van der Waals surface area contributed by atoms with Gasteiger partial charge in [0.15, 0.2) is 0 Å². The van der Waals surface area contributed by atoms with E-state index in [9.17, 15) is 9.90 Å². The third-order valence-corrected chi connectivity index (χ3v) is 3.32. The highest BCUT2D eigenvalue weighted by molar-refractivity contribution is 6.01. The van der Waals surface area contributed by atoms with Crippen LogP contribution in [0, 0.1) is 0 Å². The molecule has 1 heterocycles. The van der Waals surface area contributed by atoms with Crippen LogP contribution in [0.4, 0.5) is 0 Å². The zero-order valence-corrected chi connectivity index (χ0v) is 12.3. The number of imidazole rings is 1. The Morgan fingerprint density at radius 1 is 1.40 bits per heavy atom. The monoisotopic (exact) mass is 275 g/mol. The van der Waals surface area contributed by atoms with Crippen LogP contribution in [0.3, 0.4) is 0 Å². The summed E-state index contributed by atoms with van der Waals surface area (Å²) >= 11 is 0. The van der Waals surface area contributed by atoms with Crippen molar-refractivity contribution in [3.05, 3.63) is 29.6 Å². The SMILES string of the molecule is CCCc1nc2cccc(C(=O)O)c2n1CCN(C)C. The average Bonchev–Trinajstić information content (AvgIpc) is 2.73. The van der Waals surface area contributed by atoms with Crippen molar-refractivity contribution in [1.82, 2.24) is 14.5 Å². The van der Waals surface area contributed by atoms with E-state index in [0.717, 1.165) is 42.8 Å². The molecule has 0 amide bonds.